The van der Waals surface area contributed by atoms with Gasteiger partial charge in [-0.15, -0.1) is 11.3 Å². The van der Waals surface area contributed by atoms with Gasteiger partial charge in [-0.2, -0.15) is 5.10 Å². The van der Waals surface area contributed by atoms with E-state index in [4.69, 9.17) is 28.8 Å². The molecule has 1 amide bonds. The van der Waals surface area contributed by atoms with Crippen molar-refractivity contribution >= 4 is 23.5 Å². The number of nitrogens with one attached hydrogen (secondary N) is 1. The maximum atomic E-state index is 10.8. The van der Waals surface area contributed by atoms with Gasteiger partial charge in [0.25, 0.3) is 0 Å². The second-order valence-electron chi connectivity index (χ2n) is 12.5. The molecule has 14 heteroatoms. The van der Waals surface area contributed by atoms with Crippen LogP contribution in [0.4, 0.5) is 0 Å². The third-order valence-corrected chi connectivity index (χ3v) is 9.90. The van der Waals surface area contributed by atoms with E-state index in [1.54, 1.807) is 23.7 Å². The van der Waals surface area contributed by atoms with Crippen molar-refractivity contribution in [1.82, 2.24) is 25.1 Å². The molecule has 2 N–H and O–H groups in total. The van der Waals surface area contributed by atoms with Crippen LogP contribution >= 0.6 is 11.3 Å². The fourth-order valence-corrected chi connectivity index (χ4v) is 7.02. The van der Waals surface area contributed by atoms with Crippen LogP contribution in [0, 0.1) is 6.92 Å². The zero-order valence-electron chi connectivity index (χ0n) is 30.4. The molecule has 6 rings (SSSR count). The molecule has 0 spiro atoms. The summed E-state index contributed by atoms with van der Waals surface area (Å²) in [7, 11) is 0. The number of nitrogens with zero attached hydrogens (tertiary/aromatic N) is 5. The van der Waals surface area contributed by atoms with E-state index in [0.717, 1.165) is 74.6 Å². The second-order valence-corrected chi connectivity index (χ2v) is 13.4. The summed E-state index contributed by atoms with van der Waals surface area (Å²) in [6.45, 7) is 7.30. The molecule has 3 aromatic heterocycles. The maximum absolute atomic E-state index is 10.8. The summed E-state index contributed by atoms with van der Waals surface area (Å²) < 4.78 is 30.8. The number of rotatable bonds is 23. The number of hydrogen-bond acceptors (Lipinski definition) is 12. The van der Waals surface area contributed by atoms with Crippen LogP contribution in [0.3, 0.4) is 0 Å². The fourth-order valence-electron chi connectivity index (χ4n) is 6.22. The Labute approximate surface area is 318 Å². The van der Waals surface area contributed by atoms with Crippen molar-refractivity contribution in [2.75, 3.05) is 59.5 Å². The SMILES string of the molecule is Cc1ncsc1-c1ccc(CNC=O)c(OCCOCCOCCOCCOCCCn2cc(-c3ccc4c(c3)CC/C4=N\O)c(-c3ccncc3)n2)c1. The number of ether oxygens (including phenoxy) is 5. The second kappa shape index (κ2) is 20.5. The van der Waals surface area contributed by atoms with Gasteiger partial charge in [-0.3, -0.25) is 14.5 Å². The maximum Gasteiger partial charge on any atom is 0.207 e. The molecule has 0 radical (unpaired) electrons. The lowest BCUT2D eigenvalue weighted by Crippen LogP contribution is -2.15. The minimum atomic E-state index is 0.372. The van der Waals surface area contributed by atoms with Gasteiger partial charge < -0.3 is 34.2 Å². The van der Waals surface area contributed by atoms with Gasteiger partial charge in [0.05, 0.1) is 68.0 Å². The number of aromatic nitrogens is 4. The molecule has 5 aromatic rings. The van der Waals surface area contributed by atoms with Crippen LogP contribution in [0.25, 0.3) is 32.8 Å². The van der Waals surface area contributed by atoms with Crippen LogP contribution in [-0.2, 0) is 43.3 Å². The minimum Gasteiger partial charge on any atom is -0.491 e. The number of benzene rings is 2. The normalized spacial score (nSPS) is 13.0. The molecule has 0 atom stereocenters. The molecule has 0 saturated carbocycles. The molecule has 54 heavy (non-hydrogen) atoms. The Morgan fingerprint density at radius 2 is 1.57 bits per heavy atom. The Balaban J connectivity index is 0.822. The number of hydrogen-bond donors (Lipinski definition) is 2. The van der Waals surface area contributed by atoms with Crippen molar-refractivity contribution in [3.63, 3.8) is 0 Å². The molecule has 0 fully saturated rings. The summed E-state index contributed by atoms with van der Waals surface area (Å²) in [5.74, 6) is 0.708. The molecular weight excluding hydrogens is 709 g/mol. The predicted octanol–water partition coefficient (Wildman–Crippen LogP) is 5.95. The molecular formula is C40H46N6O7S. The number of aryl methyl sites for hydroxylation is 3. The number of carbonyl (C=O) groups is 1. The number of carbonyl (C=O) groups excluding carboxylic acids is 1. The van der Waals surface area contributed by atoms with E-state index >= 15 is 0 Å². The Morgan fingerprint density at radius 1 is 0.852 bits per heavy atom. The van der Waals surface area contributed by atoms with E-state index in [9.17, 15) is 10.0 Å². The van der Waals surface area contributed by atoms with Gasteiger partial charge in [0.1, 0.15) is 18.1 Å². The average molecular weight is 755 g/mol. The lowest BCUT2D eigenvalue weighted by atomic mass is 9.98. The summed E-state index contributed by atoms with van der Waals surface area (Å²) in [6, 6.07) is 16.2. The van der Waals surface area contributed by atoms with Crippen molar-refractivity contribution in [2.24, 2.45) is 5.16 Å². The number of pyridine rings is 1. The van der Waals surface area contributed by atoms with Gasteiger partial charge in [0.15, 0.2) is 0 Å². The van der Waals surface area contributed by atoms with Gasteiger partial charge in [-0.25, -0.2) is 4.98 Å². The standard InChI is InChI=1S/C40H46N6O7S/c1-29-40(54-28-43-29)33-3-4-34(25-42-27-47)38(24-33)53-22-21-52-20-19-51-18-17-50-16-15-49-14-2-13-46-26-36(39(44-46)30-9-11-41-12-10-30)32-5-7-35-31(23-32)6-8-37(35)45-48/h3-5,7,9-12,23-24,26-28,48H,2,6,8,13-22,25H2,1H3,(H,42,47)/b45-37+. The highest BCUT2D eigenvalue weighted by Crippen LogP contribution is 2.35. The topological polar surface area (TPSA) is 151 Å². The quantitative estimate of drug-likeness (QED) is 0.0354. The molecule has 3 heterocycles. The van der Waals surface area contributed by atoms with Gasteiger partial charge in [-0.05, 0) is 61.1 Å². The molecule has 284 valence electrons. The summed E-state index contributed by atoms with van der Waals surface area (Å²) in [6.07, 6.45) is 8.74. The number of fused-ring (bicyclic) bond motifs is 1. The first-order valence-corrected chi connectivity index (χ1v) is 19.0. The van der Waals surface area contributed by atoms with Gasteiger partial charge in [0.2, 0.25) is 6.41 Å². The van der Waals surface area contributed by atoms with E-state index in [1.165, 1.54) is 5.56 Å². The van der Waals surface area contributed by atoms with E-state index in [2.05, 4.69) is 38.8 Å². The van der Waals surface area contributed by atoms with Crippen molar-refractivity contribution in [1.29, 1.82) is 0 Å². The lowest BCUT2D eigenvalue weighted by molar-refractivity contribution is -0.109. The zero-order valence-corrected chi connectivity index (χ0v) is 31.3. The van der Waals surface area contributed by atoms with Crippen molar-refractivity contribution < 1.29 is 33.7 Å². The van der Waals surface area contributed by atoms with Gasteiger partial charge >= 0.3 is 0 Å². The third-order valence-electron chi connectivity index (χ3n) is 8.92. The lowest BCUT2D eigenvalue weighted by Gasteiger charge is -2.13. The number of oxime groups is 1. The highest BCUT2D eigenvalue weighted by Gasteiger charge is 2.21. The van der Waals surface area contributed by atoms with Gasteiger partial charge in [0, 0.05) is 60.5 Å². The van der Waals surface area contributed by atoms with Crippen LogP contribution in [0.5, 0.6) is 5.75 Å². The summed E-state index contributed by atoms with van der Waals surface area (Å²) in [5, 5.41) is 20.4. The smallest absolute Gasteiger partial charge is 0.207 e. The van der Waals surface area contributed by atoms with Gasteiger partial charge in [-0.1, -0.05) is 35.5 Å². The predicted molar refractivity (Wildman–Crippen MR) is 206 cm³/mol. The highest BCUT2D eigenvalue weighted by molar-refractivity contribution is 7.13. The van der Waals surface area contributed by atoms with Crippen LogP contribution in [-0.4, -0.2) is 96.5 Å². The minimum absolute atomic E-state index is 0.372. The molecule has 1 aliphatic carbocycles. The number of amides is 1. The van der Waals surface area contributed by atoms with Crippen molar-refractivity contribution in [3.05, 3.63) is 95.0 Å². The fraction of sp³-hybridized carbons (Fsp3) is 0.375. The first-order chi connectivity index (χ1) is 26.6. The summed E-state index contributed by atoms with van der Waals surface area (Å²) >= 11 is 1.58. The van der Waals surface area contributed by atoms with Crippen LogP contribution in [0.1, 0.15) is 35.2 Å². The monoisotopic (exact) mass is 754 g/mol. The molecule has 0 aliphatic heterocycles. The Morgan fingerprint density at radius 3 is 2.28 bits per heavy atom. The average Bonchev–Trinajstić information content (AvgIpc) is 3.95. The van der Waals surface area contributed by atoms with E-state index in [-0.39, 0.29) is 0 Å². The van der Waals surface area contributed by atoms with Crippen LogP contribution < -0.4 is 10.1 Å². The Kier molecular flexibility index (Phi) is 14.7. The number of thiazole rings is 1. The largest absolute Gasteiger partial charge is 0.491 e. The Hall–Kier alpha value is -4.99. The van der Waals surface area contributed by atoms with Crippen molar-refractivity contribution in [3.8, 4) is 38.6 Å². The first kappa shape index (κ1) is 38.7. The molecule has 0 unspecified atom stereocenters. The third kappa shape index (κ3) is 10.6. The molecule has 2 aromatic carbocycles. The molecule has 13 nitrogen and oxygen atoms in total. The summed E-state index contributed by atoms with van der Waals surface area (Å²) in [4.78, 5) is 20.4. The van der Waals surface area contributed by atoms with Crippen molar-refractivity contribution in [2.45, 2.75) is 39.3 Å². The van der Waals surface area contributed by atoms with Crippen LogP contribution in [0.15, 0.2) is 77.8 Å². The molecule has 0 bridgehead atoms. The summed E-state index contributed by atoms with van der Waals surface area (Å²) in [5.41, 5.74) is 11.7. The van der Waals surface area contributed by atoms with E-state index < -0.39 is 0 Å². The highest BCUT2D eigenvalue weighted by atomic mass is 32.1. The Bertz CT molecular complexity index is 1970. The first-order valence-electron chi connectivity index (χ1n) is 18.1. The van der Waals surface area contributed by atoms with Crippen LogP contribution in [0.2, 0.25) is 0 Å². The molecule has 0 saturated heterocycles. The van der Waals surface area contributed by atoms with E-state index in [0.29, 0.717) is 84.7 Å². The zero-order chi connectivity index (χ0) is 37.4. The van der Waals surface area contributed by atoms with E-state index in [1.807, 2.05) is 53.5 Å². The molecule has 1 aliphatic rings.